The lowest BCUT2D eigenvalue weighted by atomic mass is 10.2. The molecular formula is C22H22ClN7O. The molecule has 0 amide bonds. The molecule has 0 aliphatic heterocycles. The van der Waals surface area contributed by atoms with Gasteiger partial charge in [-0.05, 0) is 11.6 Å². The van der Waals surface area contributed by atoms with Crippen molar-refractivity contribution in [1.29, 1.82) is 0 Å². The van der Waals surface area contributed by atoms with Crippen molar-refractivity contribution in [2.24, 2.45) is 0 Å². The number of para-hydroxylation sites is 1. The minimum Gasteiger partial charge on any atom is -0.382 e. The third-order valence-electron chi connectivity index (χ3n) is 4.98. The molecule has 0 spiro atoms. The molecule has 0 bridgehead atoms. The van der Waals surface area contributed by atoms with E-state index in [-0.39, 0.29) is 12.4 Å². The molecular weight excluding hydrogens is 414 g/mol. The number of benzene rings is 2. The molecule has 0 fully saturated rings. The van der Waals surface area contributed by atoms with Gasteiger partial charge in [0.1, 0.15) is 11.2 Å². The van der Waals surface area contributed by atoms with Gasteiger partial charge in [0.25, 0.3) is 0 Å². The molecule has 0 radical (unpaired) electrons. The van der Waals surface area contributed by atoms with Gasteiger partial charge in [0.05, 0.1) is 43.3 Å². The summed E-state index contributed by atoms with van der Waals surface area (Å²) in [5.74, 6) is 0.443. The number of halogens is 1. The minimum atomic E-state index is 0. The van der Waals surface area contributed by atoms with Gasteiger partial charge in [0.2, 0.25) is 0 Å². The maximum atomic E-state index is 6.09. The number of rotatable bonds is 7. The summed E-state index contributed by atoms with van der Waals surface area (Å²) in [6, 6.07) is 18.1. The molecule has 31 heavy (non-hydrogen) atoms. The Morgan fingerprint density at radius 2 is 1.81 bits per heavy atom. The van der Waals surface area contributed by atoms with Crippen molar-refractivity contribution in [3.63, 3.8) is 0 Å². The number of nitrogens with two attached hydrogens (primary N) is 1. The summed E-state index contributed by atoms with van der Waals surface area (Å²) < 4.78 is 9.71. The molecule has 158 valence electrons. The van der Waals surface area contributed by atoms with Gasteiger partial charge in [-0.1, -0.05) is 53.7 Å². The lowest BCUT2D eigenvalue weighted by molar-refractivity contribution is 0.111. The van der Waals surface area contributed by atoms with Gasteiger partial charge in [-0.3, -0.25) is 0 Å². The second-order valence-corrected chi connectivity index (χ2v) is 7.10. The lowest BCUT2D eigenvalue weighted by Crippen LogP contribution is -2.06. The van der Waals surface area contributed by atoms with Crippen LogP contribution in [0.15, 0.2) is 67.1 Å². The van der Waals surface area contributed by atoms with E-state index < -0.39 is 0 Å². The standard InChI is InChI=1S/C22H21N7O.ClH/c23-22-20-21(18-8-4-5-9-19(18)25-22)28(15-24-20)10-11-30-14-17-13-29(27-26-17)12-16-6-2-1-3-7-16;/h1-9,13,15H,10-12,14H2,(H2,23,25);1H. The Balaban J connectivity index is 0.00000231. The molecule has 5 rings (SSSR count). The highest BCUT2D eigenvalue weighted by molar-refractivity contribution is 6.06. The van der Waals surface area contributed by atoms with Crippen LogP contribution in [0, 0.1) is 0 Å². The normalized spacial score (nSPS) is 11.1. The fourth-order valence-corrected chi connectivity index (χ4v) is 3.57. The molecule has 0 atom stereocenters. The molecule has 2 aromatic carbocycles. The van der Waals surface area contributed by atoms with Crippen LogP contribution < -0.4 is 5.73 Å². The SMILES string of the molecule is Cl.Nc1nc2ccccc2c2c1ncn2CCOCc1cn(Cc2ccccc2)nn1. The van der Waals surface area contributed by atoms with Crippen molar-refractivity contribution < 1.29 is 4.74 Å². The molecule has 2 N–H and O–H groups in total. The number of ether oxygens (including phenoxy) is 1. The number of anilines is 1. The van der Waals surface area contributed by atoms with E-state index in [1.54, 1.807) is 6.33 Å². The van der Waals surface area contributed by atoms with Crippen LogP contribution in [0.5, 0.6) is 0 Å². The van der Waals surface area contributed by atoms with Crippen LogP contribution in [0.25, 0.3) is 21.9 Å². The second-order valence-electron chi connectivity index (χ2n) is 7.10. The summed E-state index contributed by atoms with van der Waals surface area (Å²) in [5.41, 5.74) is 10.6. The molecule has 0 saturated carbocycles. The lowest BCUT2D eigenvalue weighted by Gasteiger charge is -2.08. The van der Waals surface area contributed by atoms with E-state index in [1.165, 1.54) is 5.56 Å². The zero-order chi connectivity index (χ0) is 20.3. The third kappa shape index (κ3) is 4.35. The maximum Gasteiger partial charge on any atom is 0.152 e. The summed E-state index contributed by atoms with van der Waals surface area (Å²) >= 11 is 0. The van der Waals surface area contributed by atoms with E-state index in [1.807, 2.05) is 53.3 Å². The fourth-order valence-electron chi connectivity index (χ4n) is 3.57. The first kappa shape index (κ1) is 20.8. The van der Waals surface area contributed by atoms with Gasteiger partial charge < -0.3 is 15.0 Å². The van der Waals surface area contributed by atoms with Crippen molar-refractivity contribution in [3.05, 3.63) is 78.4 Å². The number of nitrogen functional groups attached to an aromatic ring is 1. The number of imidazole rings is 1. The summed E-state index contributed by atoms with van der Waals surface area (Å²) in [4.78, 5) is 8.88. The van der Waals surface area contributed by atoms with E-state index in [4.69, 9.17) is 10.5 Å². The Morgan fingerprint density at radius 1 is 1.00 bits per heavy atom. The monoisotopic (exact) mass is 435 g/mol. The third-order valence-corrected chi connectivity index (χ3v) is 4.98. The van der Waals surface area contributed by atoms with Crippen LogP contribution in [-0.2, 0) is 24.4 Å². The molecule has 0 aliphatic carbocycles. The van der Waals surface area contributed by atoms with Gasteiger partial charge in [0, 0.05) is 11.9 Å². The topological polar surface area (TPSA) is 96.7 Å². The highest BCUT2D eigenvalue weighted by atomic mass is 35.5. The zero-order valence-corrected chi connectivity index (χ0v) is 17.6. The Kier molecular flexibility index (Phi) is 6.11. The molecule has 3 heterocycles. The zero-order valence-electron chi connectivity index (χ0n) is 16.8. The smallest absolute Gasteiger partial charge is 0.152 e. The predicted octanol–water partition coefficient (Wildman–Crippen LogP) is 3.45. The molecule has 8 nitrogen and oxygen atoms in total. The van der Waals surface area contributed by atoms with Gasteiger partial charge in [0.15, 0.2) is 5.82 Å². The Labute approximate surface area is 185 Å². The second kappa shape index (κ2) is 9.11. The fraction of sp³-hybridized carbons (Fsp3) is 0.182. The quantitative estimate of drug-likeness (QED) is 0.393. The molecule has 0 unspecified atom stereocenters. The number of nitrogens with zero attached hydrogens (tertiary/aromatic N) is 6. The molecule has 9 heteroatoms. The number of pyridine rings is 1. The van der Waals surface area contributed by atoms with Crippen molar-refractivity contribution >= 4 is 40.2 Å². The highest BCUT2D eigenvalue weighted by Gasteiger charge is 2.12. The highest BCUT2D eigenvalue weighted by Crippen LogP contribution is 2.26. The minimum absolute atomic E-state index is 0. The first-order chi connectivity index (χ1) is 14.8. The van der Waals surface area contributed by atoms with E-state index in [2.05, 4.69) is 37.0 Å². The summed E-state index contributed by atoms with van der Waals surface area (Å²) in [6.45, 7) is 2.28. The summed E-state index contributed by atoms with van der Waals surface area (Å²) in [7, 11) is 0. The maximum absolute atomic E-state index is 6.09. The van der Waals surface area contributed by atoms with Crippen molar-refractivity contribution in [2.45, 2.75) is 19.7 Å². The molecule has 0 aliphatic rings. The number of fused-ring (bicyclic) bond motifs is 3. The predicted molar refractivity (Wildman–Crippen MR) is 122 cm³/mol. The number of aromatic nitrogens is 6. The van der Waals surface area contributed by atoms with Gasteiger partial charge in [-0.25, -0.2) is 14.6 Å². The van der Waals surface area contributed by atoms with E-state index in [9.17, 15) is 0 Å². The van der Waals surface area contributed by atoms with E-state index >= 15 is 0 Å². The first-order valence-electron chi connectivity index (χ1n) is 9.77. The number of hydrogen-bond acceptors (Lipinski definition) is 6. The number of hydrogen-bond donors (Lipinski definition) is 1. The van der Waals surface area contributed by atoms with Crippen LogP contribution in [0.3, 0.4) is 0 Å². The molecule has 0 saturated heterocycles. The van der Waals surface area contributed by atoms with Crippen molar-refractivity contribution in [3.8, 4) is 0 Å². The Hall–Kier alpha value is -3.49. The Morgan fingerprint density at radius 3 is 2.68 bits per heavy atom. The van der Waals surface area contributed by atoms with Crippen LogP contribution in [-0.4, -0.2) is 36.1 Å². The average Bonchev–Trinajstić information content (AvgIpc) is 3.40. The van der Waals surface area contributed by atoms with E-state index in [0.717, 1.165) is 27.6 Å². The molecule has 3 aromatic heterocycles. The van der Waals surface area contributed by atoms with Gasteiger partial charge in [-0.2, -0.15) is 0 Å². The van der Waals surface area contributed by atoms with Crippen molar-refractivity contribution in [1.82, 2.24) is 29.5 Å². The van der Waals surface area contributed by atoms with Crippen LogP contribution in [0.4, 0.5) is 5.82 Å². The van der Waals surface area contributed by atoms with Gasteiger partial charge >= 0.3 is 0 Å². The first-order valence-corrected chi connectivity index (χ1v) is 9.77. The van der Waals surface area contributed by atoms with E-state index in [0.29, 0.717) is 32.1 Å². The largest absolute Gasteiger partial charge is 0.382 e. The average molecular weight is 436 g/mol. The van der Waals surface area contributed by atoms with Crippen LogP contribution in [0.2, 0.25) is 0 Å². The molecule has 5 aromatic rings. The van der Waals surface area contributed by atoms with Crippen LogP contribution in [0.1, 0.15) is 11.3 Å². The van der Waals surface area contributed by atoms with Gasteiger partial charge in [-0.15, -0.1) is 17.5 Å². The summed E-state index contributed by atoms with van der Waals surface area (Å²) in [6.07, 6.45) is 3.70. The van der Waals surface area contributed by atoms with Crippen molar-refractivity contribution in [2.75, 3.05) is 12.3 Å². The summed E-state index contributed by atoms with van der Waals surface area (Å²) in [5, 5.41) is 9.40. The van der Waals surface area contributed by atoms with Crippen LogP contribution >= 0.6 is 12.4 Å². The Bertz CT molecular complexity index is 1300.